The van der Waals surface area contributed by atoms with Crippen LogP contribution in [0.4, 0.5) is 0 Å². The number of rotatable bonds is 6. The van der Waals surface area contributed by atoms with Crippen LogP contribution < -0.4 is 10.1 Å². The van der Waals surface area contributed by atoms with Gasteiger partial charge in [0.2, 0.25) is 0 Å². The predicted octanol–water partition coefficient (Wildman–Crippen LogP) is 1.67. The molecule has 0 radical (unpaired) electrons. The van der Waals surface area contributed by atoms with Gasteiger partial charge in [0.1, 0.15) is 5.75 Å². The molecule has 0 aromatic heterocycles. The van der Waals surface area contributed by atoms with E-state index in [1.807, 2.05) is 19.9 Å². The Morgan fingerprint density at radius 3 is 2.37 bits per heavy atom. The first-order chi connectivity index (χ1) is 8.92. The molecule has 19 heavy (non-hydrogen) atoms. The zero-order valence-corrected chi connectivity index (χ0v) is 11.6. The number of aliphatic carboxylic acids is 1. The van der Waals surface area contributed by atoms with Crippen molar-refractivity contribution in [2.75, 3.05) is 14.2 Å². The molecule has 0 aliphatic heterocycles. The number of ether oxygens (including phenoxy) is 1. The Bertz CT molecular complexity index is 482. The zero-order valence-electron chi connectivity index (χ0n) is 11.6. The van der Waals surface area contributed by atoms with Crippen molar-refractivity contribution in [2.24, 2.45) is 0 Å². The van der Waals surface area contributed by atoms with E-state index < -0.39 is 17.8 Å². The first kappa shape index (κ1) is 15.2. The zero-order chi connectivity index (χ0) is 14.6. The van der Waals surface area contributed by atoms with Crippen LogP contribution in [0, 0.1) is 0 Å². The number of carbonyl (C=O) groups excluding carboxylic acids is 1. The van der Waals surface area contributed by atoms with Crippen LogP contribution in [0.15, 0.2) is 18.2 Å². The normalized spacial score (nSPS) is 12.3. The molecule has 1 aromatic rings. The highest BCUT2D eigenvalue weighted by atomic mass is 16.5. The van der Waals surface area contributed by atoms with Crippen molar-refractivity contribution in [3.63, 3.8) is 0 Å². The minimum Gasteiger partial charge on any atom is -0.496 e. The summed E-state index contributed by atoms with van der Waals surface area (Å²) < 4.78 is 5.19. The molecule has 0 amide bonds. The summed E-state index contributed by atoms with van der Waals surface area (Å²) in [5.41, 5.74) is 1.30. The van der Waals surface area contributed by atoms with Crippen molar-refractivity contribution in [2.45, 2.75) is 25.8 Å². The number of ketones is 1. The Labute approximate surface area is 112 Å². The van der Waals surface area contributed by atoms with Gasteiger partial charge in [-0.25, -0.2) is 0 Å². The average Bonchev–Trinajstić information content (AvgIpc) is 2.37. The van der Waals surface area contributed by atoms with Gasteiger partial charge >= 0.3 is 5.97 Å². The Balaban J connectivity index is 3.19. The maximum atomic E-state index is 12.2. The van der Waals surface area contributed by atoms with Crippen molar-refractivity contribution in [1.29, 1.82) is 0 Å². The van der Waals surface area contributed by atoms with Crippen molar-refractivity contribution >= 4 is 11.8 Å². The van der Waals surface area contributed by atoms with Crippen LogP contribution in [0.25, 0.3) is 0 Å². The molecule has 0 saturated carbocycles. The molecule has 2 N–H and O–H groups in total. The van der Waals surface area contributed by atoms with Gasteiger partial charge in [0.15, 0.2) is 11.8 Å². The SMILES string of the molecule is CNC(C(=O)O)C(=O)c1ccc(C(C)C)cc1OC. The number of carbonyl (C=O) groups is 2. The molecule has 0 fully saturated rings. The van der Waals surface area contributed by atoms with Gasteiger partial charge in [-0.05, 0) is 30.7 Å². The summed E-state index contributed by atoms with van der Waals surface area (Å²) >= 11 is 0. The van der Waals surface area contributed by atoms with Gasteiger partial charge in [-0.2, -0.15) is 0 Å². The second-order valence-corrected chi connectivity index (χ2v) is 4.54. The molecule has 0 heterocycles. The molecule has 1 rings (SSSR count). The average molecular weight is 265 g/mol. The van der Waals surface area contributed by atoms with Crippen molar-refractivity contribution < 1.29 is 19.4 Å². The summed E-state index contributed by atoms with van der Waals surface area (Å²) in [4.78, 5) is 23.2. The highest BCUT2D eigenvalue weighted by Crippen LogP contribution is 2.25. The third-order valence-electron chi connectivity index (χ3n) is 2.96. The van der Waals surface area contributed by atoms with E-state index in [1.54, 1.807) is 12.1 Å². The lowest BCUT2D eigenvalue weighted by Gasteiger charge is -2.15. The summed E-state index contributed by atoms with van der Waals surface area (Å²) in [5.74, 6) is -1.01. The fourth-order valence-electron chi connectivity index (χ4n) is 1.79. The monoisotopic (exact) mass is 265 g/mol. The van der Waals surface area contributed by atoms with E-state index in [-0.39, 0.29) is 5.56 Å². The van der Waals surface area contributed by atoms with Crippen LogP contribution in [0.2, 0.25) is 0 Å². The molecule has 0 aliphatic rings. The summed E-state index contributed by atoms with van der Waals surface area (Å²) in [7, 11) is 2.90. The number of hydrogen-bond acceptors (Lipinski definition) is 4. The van der Waals surface area contributed by atoms with Gasteiger partial charge in [-0.15, -0.1) is 0 Å². The van der Waals surface area contributed by atoms with Crippen LogP contribution in [0.1, 0.15) is 35.7 Å². The number of Topliss-reactive ketones (excluding diaryl/α,β-unsaturated/α-hetero) is 1. The van der Waals surface area contributed by atoms with Crippen LogP contribution >= 0.6 is 0 Å². The maximum absolute atomic E-state index is 12.2. The van der Waals surface area contributed by atoms with E-state index in [9.17, 15) is 9.59 Å². The minimum absolute atomic E-state index is 0.272. The second-order valence-electron chi connectivity index (χ2n) is 4.54. The van der Waals surface area contributed by atoms with Crippen LogP contribution in [-0.2, 0) is 4.79 Å². The first-order valence-electron chi connectivity index (χ1n) is 6.04. The van der Waals surface area contributed by atoms with Crippen molar-refractivity contribution in [3.05, 3.63) is 29.3 Å². The van der Waals surface area contributed by atoms with Crippen molar-refractivity contribution in [3.8, 4) is 5.75 Å². The standard InChI is InChI=1S/C14H19NO4/c1-8(2)9-5-6-10(11(7-9)19-4)13(16)12(15-3)14(17)18/h5-8,12,15H,1-4H3,(H,17,18). The van der Waals surface area contributed by atoms with Gasteiger partial charge in [0, 0.05) is 0 Å². The molecular formula is C14H19NO4. The van der Waals surface area contributed by atoms with E-state index in [0.29, 0.717) is 11.7 Å². The summed E-state index contributed by atoms with van der Waals surface area (Å²) in [6.45, 7) is 4.06. The third kappa shape index (κ3) is 3.32. The quantitative estimate of drug-likeness (QED) is 0.604. The lowest BCUT2D eigenvalue weighted by molar-refractivity contribution is -0.137. The van der Waals surface area contributed by atoms with E-state index in [1.165, 1.54) is 14.2 Å². The topological polar surface area (TPSA) is 75.6 Å². The van der Waals surface area contributed by atoms with Gasteiger partial charge in [0.25, 0.3) is 0 Å². The number of likely N-dealkylation sites (N-methyl/N-ethyl adjacent to an activating group) is 1. The second kappa shape index (κ2) is 6.33. The maximum Gasteiger partial charge on any atom is 0.328 e. The number of benzene rings is 1. The largest absolute Gasteiger partial charge is 0.496 e. The molecule has 1 atom stereocenters. The molecular weight excluding hydrogens is 246 g/mol. The molecule has 1 unspecified atom stereocenters. The Hall–Kier alpha value is -1.88. The number of methoxy groups -OCH3 is 1. The van der Waals surface area contributed by atoms with Crippen molar-refractivity contribution in [1.82, 2.24) is 5.32 Å². The molecule has 0 bridgehead atoms. The van der Waals surface area contributed by atoms with Gasteiger partial charge in [-0.1, -0.05) is 19.9 Å². The molecule has 1 aromatic carbocycles. The van der Waals surface area contributed by atoms with Gasteiger partial charge in [0.05, 0.1) is 12.7 Å². The fourth-order valence-corrected chi connectivity index (χ4v) is 1.79. The molecule has 0 spiro atoms. The summed E-state index contributed by atoms with van der Waals surface area (Å²) in [6.07, 6.45) is 0. The number of nitrogens with one attached hydrogen (secondary N) is 1. The van der Waals surface area contributed by atoms with E-state index >= 15 is 0 Å². The van der Waals surface area contributed by atoms with Crippen LogP contribution in [-0.4, -0.2) is 37.1 Å². The van der Waals surface area contributed by atoms with E-state index in [4.69, 9.17) is 9.84 Å². The Morgan fingerprint density at radius 2 is 1.95 bits per heavy atom. The lowest BCUT2D eigenvalue weighted by atomic mass is 9.97. The summed E-state index contributed by atoms with van der Waals surface area (Å²) in [6, 6.07) is 3.93. The predicted molar refractivity (Wildman–Crippen MR) is 71.9 cm³/mol. The minimum atomic E-state index is -1.27. The Kier molecular flexibility index (Phi) is 5.06. The molecule has 5 heteroatoms. The molecule has 0 aliphatic carbocycles. The highest BCUT2D eigenvalue weighted by Gasteiger charge is 2.27. The number of carboxylic acids is 1. The number of carboxylic acid groups (broad SMARTS) is 1. The fraction of sp³-hybridized carbons (Fsp3) is 0.429. The molecule has 0 saturated heterocycles. The van der Waals surface area contributed by atoms with E-state index in [2.05, 4.69) is 5.32 Å². The first-order valence-corrected chi connectivity index (χ1v) is 6.04. The lowest BCUT2D eigenvalue weighted by Crippen LogP contribution is -2.41. The summed E-state index contributed by atoms with van der Waals surface area (Å²) in [5, 5.41) is 11.5. The number of hydrogen-bond donors (Lipinski definition) is 2. The smallest absolute Gasteiger partial charge is 0.328 e. The molecule has 104 valence electrons. The van der Waals surface area contributed by atoms with Gasteiger partial charge < -0.3 is 15.2 Å². The Morgan fingerprint density at radius 1 is 1.32 bits per heavy atom. The van der Waals surface area contributed by atoms with Crippen LogP contribution in [0.5, 0.6) is 5.75 Å². The third-order valence-corrected chi connectivity index (χ3v) is 2.96. The van der Waals surface area contributed by atoms with Gasteiger partial charge in [-0.3, -0.25) is 9.59 Å². The van der Waals surface area contributed by atoms with Crippen LogP contribution in [0.3, 0.4) is 0 Å². The molecule has 5 nitrogen and oxygen atoms in total. The van der Waals surface area contributed by atoms with E-state index in [0.717, 1.165) is 5.56 Å². The highest BCUT2D eigenvalue weighted by molar-refractivity contribution is 6.12.